The van der Waals surface area contributed by atoms with Crippen LogP contribution in [0.15, 0.2) is 21.4 Å². The molecule has 3 aromatic heterocycles. The van der Waals surface area contributed by atoms with Crippen LogP contribution in [0, 0.1) is 0 Å². The molecule has 1 aliphatic rings. The van der Waals surface area contributed by atoms with Gasteiger partial charge in [0.05, 0.1) is 11.3 Å². The van der Waals surface area contributed by atoms with Gasteiger partial charge in [0.2, 0.25) is 0 Å². The Bertz CT molecular complexity index is 861. The molecule has 0 amide bonds. The summed E-state index contributed by atoms with van der Waals surface area (Å²) >= 11 is 2.96. The van der Waals surface area contributed by atoms with Gasteiger partial charge < -0.3 is 9.55 Å². The van der Waals surface area contributed by atoms with Crippen molar-refractivity contribution in [3.8, 4) is 0 Å². The lowest BCUT2D eigenvalue weighted by atomic mass is 10.4. The van der Waals surface area contributed by atoms with Crippen molar-refractivity contribution in [2.45, 2.75) is 29.7 Å². The highest BCUT2D eigenvalue weighted by Gasteiger charge is 2.29. The number of rotatable bonds is 4. The highest BCUT2D eigenvalue weighted by molar-refractivity contribution is 7.98. The average Bonchev–Trinajstić information content (AvgIpc) is 3.07. The monoisotopic (exact) mass is 319 g/mol. The third-order valence-electron chi connectivity index (χ3n) is 3.51. The molecule has 21 heavy (non-hydrogen) atoms. The second kappa shape index (κ2) is 4.96. The molecular formula is C13H13N5OS2. The van der Waals surface area contributed by atoms with Crippen molar-refractivity contribution >= 4 is 33.3 Å². The number of aromatic nitrogens is 5. The number of thioether (sulfide) groups is 1. The first-order valence-electron chi connectivity index (χ1n) is 6.71. The molecule has 0 radical (unpaired) electrons. The molecule has 3 heterocycles. The molecule has 0 saturated heterocycles. The van der Waals surface area contributed by atoms with Crippen LogP contribution in [0.1, 0.15) is 30.4 Å². The van der Waals surface area contributed by atoms with Crippen LogP contribution in [0.5, 0.6) is 0 Å². The second-order valence-electron chi connectivity index (χ2n) is 5.11. The van der Waals surface area contributed by atoms with E-state index in [0.29, 0.717) is 22.2 Å². The zero-order valence-electron chi connectivity index (χ0n) is 11.4. The highest BCUT2D eigenvalue weighted by Crippen LogP contribution is 2.39. The molecule has 1 fully saturated rings. The summed E-state index contributed by atoms with van der Waals surface area (Å²) in [5, 5.41) is 11.2. The minimum atomic E-state index is -0.0674. The van der Waals surface area contributed by atoms with Crippen LogP contribution in [0.25, 0.3) is 10.2 Å². The van der Waals surface area contributed by atoms with Crippen LogP contribution in [-0.2, 0) is 12.8 Å². The Kier molecular flexibility index (Phi) is 3.07. The van der Waals surface area contributed by atoms with Crippen molar-refractivity contribution in [1.29, 1.82) is 0 Å². The zero-order valence-corrected chi connectivity index (χ0v) is 13.0. The normalized spacial score (nSPS) is 14.9. The molecule has 1 N–H and O–H groups in total. The van der Waals surface area contributed by atoms with Gasteiger partial charge in [-0.2, -0.15) is 0 Å². The van der Waals surface area contributed by atoms with E-state index in [-0.39, 0.29) is 5.56 Å². The van der Waals surface area contributed by atoms with Gasteiger partial charge in [-0.3, -0.25) is 4.79 Å². The Morgan fingerprint density at radius 1 is 1.48 bits per heavy atom. The molecular weight excluding hydrogens is 306 g/mol. The lowest BCUT2D eigenvalue weighted by Gasteiger charge is -2.03. The Morgan fingerprint density at radius 2 is 2.33 bits per heavy atom. The zero-order chi connectivity index (χ0) is 14.4. The smallest absolute Gasteiger partial charge is 0.268 e. The lowest BCUT2D eigenvalue weighted by Crippen LogP contribution is -2.09. The summed E-state index contributed by atoms with van der Waals surface area (Å²) < 4.78 is 2.72. The van der Waals surface area contributed by atoms with Crippen LogP contribution < -0.4 is 5.56 Å². The SMILES string of the molecule is Cn1c(SCc2nc3ccsc3c(=O)[nH]2)nnc1C1CC1. The molecule has 0 spiro atoms. The summed E-state index contributed by atoms with van der Waals surface area (Å²) in [7, 11) is 1.99. The Hall–Kier alpha value is -1.67. The molecule has 0 atom stereocenters. The minimum Gasteiger partial charge on any atom is -0.309 e. The molecule has 1 saturated carbocycles. The first kappa shape index (κ1) is 13.0. The van der Waals surface area contributed by atoms with Gasteiger partial charge in [0, 0.05) is 13.0 Å². The summed E-state index contributed by atoms with van der Waals surface area (Å²) in [6.45, 7) is 0. The van der Waals surface area contributed by atoms with Gasteiger partial charge >= 0.3 is 0 Å². The maximum atomic E-state index is 11.9. The Morgan fingerprint density at radius 3 is 3.14 bits per heavy atom. The molecule has 0 aromatic carbocycles. The summed E-state index contributed by atoms with van der Waals surface area (Å²) in [6.07, 6.45) is 2.42. The fourth-order valence-corrected chi connectivity index (χ4v) is 3.79. The second-order valence-corrected chi connectivity index (χ2v) is 6.97. The largest absolute Gasteiger partial charge is 0.309 e. The van der Waals surface area contributed by atoms with E-state index in [1.807, 2.05) is 23.1 Å². The van der Waals surface area contributed by atoms with Crippen LogP contribution in [0.3, 0.4) is 0 Å². The van der Waals surface area contributed by atoms with Crippen molar-refractivity contribution in [2.75, 3.05) is 0 Å². The molecule has 4 rings (SSSR count). The summed E-state index contributed by atoms with van der Waals surface area (Å²) in [4.78, 5) is 19.2. The van der Waals surface area contributed by atoms with Crippen LogP contribution in [-0.4, -0.2) is 24.7 Å². The van der Waals surface area contributed by atoms with Gasteiger partial charge in [-0.15, -0.1) is 21.5 Å². The average molecular weight is 319 g/mol. The number of aromatic amines is 1. The number of thiophene rings is 1. The maximum Gasteiger partial charge on any atom is 0.268 e. The third kappa shape index (κ3) is 2.38. The van der Waals surface area contributed by atoms with E-state index >= 15 is 0 Å². The van der Waals surface area contributed by atoms with E-state index in [2.05, 4.69) is 20.2 Å². The van der Waals surface area contributed by atoms with Crippen LogP contribution in [0.4, 0.5) is 0 Å². The number of nitrogens with zero attached hydrogens (tertiary/aromatic N) is 4. The standard InChI is InChI=1S/C13H13N5OS2/c1-18-11(7-2-3-7)16-17-13(18)21-6-9-14-8-4-5-20-10(8)12(19)15-9/h4-5,7H,2-3,6H2,1H3,(H,14,15,19). The van der Waals surface area contributed by atoms with Crippen molar-refractivity contribution < 1.29 is 0 Å². The van der Waals surface area contributed by atoms with E-state index in [4.69, 9.17) is 0 Å². The number of H-pyrrole nitrogens is 1. The lowest BCUT2D eigenvalue weighted by molar-refractivity contribution is 0.736. The summed E-state index contributed by atoms with van der Waals surface area (Å²) in [6, 6.07) is 1.87. The Labute approximate surface area is 128 Å². The predicted molar refractivity (Wildman–Crippen MR) is 82.8 cm³/mol. The van der Waals surface area contributed by atoms with Gasteiger partial charge in [-0.1, -0.05) is 11.8 Å². The predicted octanol–water partition coefficient (Wildman–Crippen LogP) is 2.28. The highest BCUT2D eigenvalue weighted by atomic mass is 32.2. The van der Waals surface area contributed by atoms with E-state index in [0.717, 1.165) is 16.5 Å². The van der Waals surface area contributed by atoms with Crippen molar-refractivity contribution in [1.82, 2.24) is 24.7 Å². The van der Waals surface area contributed by atoms with Gasteiger partial charge in [-0.05, 0) is 24.3 Å². The van der Waals surface area contributed by atoms with Gasteiger partial charge in [0.1, 0.15) is 16.3 Å². The van der Waals surface area contributed by atoms with Gasteiger partial charge in [0.15, 0.2) is 5.16 Å². The van der Waals surface area contributed by atoms with Crippen molar-refractivity contribution in [3.05, 3.63) is 33.4 Å². The molecule has 1 aliphatic carbocycles. The molecule has 8 heteroatoms. The number of hydrogen-bond acceptors (Lipinski definition) is 6. The molecule has 0 unspecified atom stereocenters. The minimum absolute atomic E-state index is 0.0674. The van der Waals surface area contributed by atoms with E-state index in [9.17, 15) is 4.79 Å². The van der Waals surface area contributed by atoms with Crippen molar-refractivity contribution in [2.24, 2.45) is 7.05 Å². The summed E-state index contributed by atoms with van der Waals surface area (Å²) in [5.74, 6) is 2.90. The number of hydrogen-bond donors (Lipinski definition) is 1. The first-order valence-corrected chi connectivity index (χ1v) is 8.57. The topological polar surface area (TPSA) is 76.5 Å². The Balaban J connectivity index is 1.56. The quantitative estimate of drug-likeness (QED) is 0.747. The van der Waals surface area contributed by atoms with Gasteiger partial charge in [-0.25, -0.2) is 4.98 Å². The fourth-order valence-electron chi connectivity index (χ4n) is 2.27. The van der Waals surface area contributed by atoms with Crippen molar-refractivity contribution in [3.63, 3.8) is 0 Å². The first-order chi connectivity index (χ1) is 10.2. The van der Waals surface area contributed by atoms with E-state index in [1.54, 1.807) is 11.8 Å². The van der Waals surface area contributed by atoms with Gasteiger partial charge in [0.25, 0.3) is 5.56 Å². The maximum absolute atomic E-state index is 11.9. The molecule has 0 aliphatic heterocycles. The molecule has 6 nitrogen and oxygen atoms in total. The molecule has 0 bridgehead atoms. The number of fused-ring (bicyclic) bond motifs is 1. The van der Waals surface area contributed by atoms with E-state index in [1.165, 1.54) is 24.2 Å². The summed E-state index contributed by atoms with van der Waals surface area (Å²) in [5.41, 5.74) is 0.693. The number of nitrogens with one attached hydrogen (secondary N) is 1. The molecule has 108 valence electrons. The molecule has 3 aromatic rings. The van der Waals surface area contributed by atoms with Crippen LogP contribution >= 0.6 is 23.1 Å². The van der Waals surface area contributed by atoms with E-state index < -0.39 is 0 Å². The van der Waals surface area contributed by atoms with Crippen LogP contribution in [0.2, 0.25) is 0 Å². The third-order valence-corrected chi connectivity index (χ3v) is 5.45. The fraction of sp³-hybridized carbons (Fsp3) is 0.385.